The number of aromatic nitrogens is 3. The van der Waals surface area contributed by atoms with Crippen molar-refractivity contribution < 1.29 is 12.8 Å². The van der Waals surface area contributed by atoms with Gasteiger partial charge in [-0.25, -0.2) is 17.5 Å². The van der Waals surface area contributed by atoms with Crippen LogP contribution >= 0.6 is 0 Å². The van der Waals surface area contributed by atoms with E-state index in [0.29, 0.717) is 5.82 Å². The van der Waals surface area contributed by atoms with Gasteiger partial charge in [-0.2, -0.15) is 0 Å². The van der Waals surface area contributed by atoms with E-state index in [0.717, 1.165) is 6.07 Å². The number of aryl methyl sites for hydroxylation is 2. The molecular formula is C11H14FN5O2S. The zero-order valence-electron chi connectivity index (χ0n) is 11.0. The Hall–Kier alpha value is -2.00. The number of nitrogens with two attached hydrogens (primary N) is 1. The largest absolute Gasteiger partial charge is 0.399 e. The predicted octanol–water partition coefficient (Wildman–Crippen LogP) is 0.323. The molecule has 1 heterocycles. The van der Waals surface area contributed by atoms with Gasteiger partial charge in [-0.05, 0) is 24.6 Å². The van der Waals surface area contributed by atoms with Crippen LogP contribution in [0, 0.1) is 12.7 Å². The SMILES string of the molecule is Cc1cc(N)cc(S(=O)(=O)NCc2nncn2C)c1F. The number of nitrogen functional groups attached to an aromatic ring is 1. The lowest BCUT2D eigenvalue weighted by molar-refractivity contribution is 0.551. The third-order valence-electron chi connectivity index (χ3n) is 2.76. The van der Waals surface area contributed by atoms with E-state index in [1.807, 2.05) is 0 Å². The molecule has 1 aromatic carbocycles. The van der Waals surface area contributed by atoms with Crippen molar-refractivity contribution in [2.24, 2.45) is 7.05 Å². The van der Waals surface area contributed by atoms with Gasteiger partial charge >= 0.3 is 0 Å². The second-order valence-corrected chi connectivity index (χ2v) is 6.07. The van der Waals surface area contributed by atoms with E-state index < -0.39 is 20.7 Å². The molecule has 0 saturated heterocycles. The number of sulfonamides is 1. The molecular weight excluding hydrogens is 285 g/mol. The van der Waals surface area contributed by atoms with Crippen molar-refractivity contribution in [1.82, 2.24) is 19.5 Å². The highest BCUT2D eigenvalue weighted by Crippen LogP contribution is 2.21. The fraction of sp³-hybridized carbons (Fsp3) is 0.273. The Morgan fingerprint density at radius 3 is 2.75 bits per heavy atom. The van der Waals surface area contributed by atoms with Gasteiger partial charge in [-0.3, -0.25) is 0 Å². The van der Waals surface area contributed by atoms with E-state index in [9.17, 15) is 12.8 Å². The number of benzene rings is 1. The number of nitrogens with zero attached hydrogens (tertiary/aromatic N) is 3. The lowest BCUT2D eigenvalue weighted by atomic mass is 10.2. The van der Waals surface area contributed by atoms with Crippen LogP contribution in [0.5, 0.6) is 0 Å². The maximum absolute atomic E-state index is 13.9. The van der Waals surface area contributed by atoms with Gasteiger partial charge in [0.2, 0.25) is 10.0 Å². The molecule has 7 nitrogen and oxygen atoms in total. The van der Waals surface area contributed by atoms with Crippen LogP contribution in [0.2, 0.25) is 0 Å². The molecule has 0 spiro atoms. The number of nitrogens with one attached hydrogen (secondary N) is 1. The first-order valence-electron chi connectivity index (χ1n) is 5.69. The molecule has 2 aromatic rings. The topological polar surface area (TPSA) is 103 Å². The number of rotatable bonds is 4. The van der Waals surface area contributed by atoms with Crippen LogP contribution in [0.3, 0.4) is 0 Å². The molecule has 0 atom stereocenters. The Balaban J connectivity index is 2.29. The fourth-order valence-corrected chi connectivity index (χ4v) is 2.83. The minimum Gasteiger partial charge on any atom is -0.399 e. The summed E-state index contributed by atoms with van der Waals surface area (Å²) in [6, 6.07) is 2.46. The smallest absolute Gasteiger partial charge is 0.243 e. The molecule has 0 unspecified atom stereocenters. The van der Waals surface area contributed by atoms with Crippen molar-refractivity contribution in [3.8, 4) is 0 Å². The van der Waals surface area contributed by atoms with E-state index in [1.165, 1.54) is 19.3 Å². The summed E-state index contributed by atoms with van der Waals surface area (Å²) in [7, 11) is -2.34. The molecule has 108 valence electrons. The first kappa shape index (κ1) is 14.4. The highest BCUT2D eigenvalue weighted by atomic mass is 32.2. The molecule has 0 radical (unpaired) electrons. The van der Waals surface area contributed by atoms with Gasteiger partial charge in [0.25, 0.3) is 0 Å². The van der Waals surface area contributed by atoms with Crippen molar-refractivity contribution in [1.29, 1.82) is 0 Å². The van der Waals surface area contributed by atoms with Gasteiger partial charge in [0, 0.05) is 12.7 Å². The lowest BCUT2D eigenvalue weighted by Crippen LogP contribution is -2.26. The van der Waals surface area contributed by atoms with E-state index in [4.69, 9.17) is 5.73 Å². The zero-order valence-corrected chi connectivity index (χ0v) is 11.8. The summed E-state index contributed by atoms with van der Waals surface area (Å²) in [6.07, 6.45) is 1.44. The average Bonchev–Trinajstić information content (AvgIpc) is 2.77. The summed E-state index contributed by atoms with van der Waals surface area (Å²) in [6.45, 7) is 1.36. The Bertz CT molecular complexity index is 741. The molecule has 1 aromatic heterocycles. The van der Waals surface area contributed by atoms with Crippen molar-refractivity contribution in [3.05, 3.63) is 35.7 Å². The fourth-order valence-electron chi connectivity index (χ4n) is 1.66. The van der Waals surface area contributed by atoms with Gasteiger partial charge < -0.3 is 10.3 Å². The van der Waals surface area contributed by atoms with Crippen LogP contribution in [-0.2, 0) is 23.6 Å². The number of halogens is 1. The van der Waals surface area contributed by atoms with Crippen molar-refractivity contribution >= 4 is 15.7 Å². The molecule has 3 N–H and O–H groups in total. The minimum absolute atomic E-state index is 0.0912. The summed E-state index contributed by atoms with van der Waals surface area (Å²) in [5, 5.41) is 7.36. The predicted molar refractivity (Wildman–Crippen MR) is 70.6 cm³/mol. The highest BCUT2D eigenvalue weighted by molar-refractivity contribution is 7.89. The van der Waals surface area contributed by atoms with Gasteiger partial charge in [0.15, 0.2) is 0 Å². The van der Waals surface area contributed by atoms with Crippen LogP contribution in [0.15, 0.2) is 23.4 Å². The summed E-state index contributed by atoms with van der Waals surface area (Å²) in [5.41, 5.74) is 5.91. The highest BCUT2D eigenvalue weighted by Gasteiger charge is 2.21. The maximum Gasteiger partial charge on any atom is 0.243 e. The Labute approximate surface area is 115 Å². The summed E-state index contributed by atoms with van der Waals surface area (Å²) >= 11 is 0. The monoisotopic (exact) mass is 299 g/mol. The quantitative estimate of drug-likeness (QED) is 0.792. The maximum atomic E-state index is 13.9. The Morgan fingerprint density at radius 1 is 1.45 bits per heavy atom. The van der Waals surface area contributed by atoms with Gasteiger partial charge in [-0.1, -0.05) is 0 Å². The molecule has 0 saturated carbocycles. The van der Waals surface area contributed by atoms with Crippen molar-refractivity contribution in [2.75, 3.05) is 5.73 Å². The second-order valence-electron chi connectivity index (χ2n) is 4.33. The lowest BCUT2D eigenvalue weighted by Gasteiger charge is -2.09. The van der Waals surface area contributed by atoms with Gasteiger partial charge in [-0.15, -0.1) is 10.2 Å². The van der Waals surface area contributed by atoms with E-state index in [-0.39, 0.29) is 17.8 Å². The van der Waals surface area contributed by atoms with Crippen LogP contribution in [0.25, 0.3) is 0 Å². The van der Waals surface area contributed by atoms with Crippen molar-refractivity contribution in [3.63, 3.8) is 0 Å². The Kier molecular flexibility index (Phi) is 3.73. The number of anilines is 1. The summed E-state index contributed by atoms with van der Waals surface area (Å²) in [4.78, 5) is -0.475. The van der Waals surface area contributed by atoms with Gasteiger partial charge in [0.1, 0.15) is 22.9 Å². The van der Waals surface area contributed by atoms with E-state index >= 15 is 0 Å². The van der Waals surface area contributed by atoms with Crippen LogP contribution < -0.4 is 10.5 Å². The molecule has 0 amide bonds. The van der Waals surface area contributed by atoms with Crippen LogP contribution in [0.1, 0.15) is 11.4 Å². The number of hydrogen-bond donors (Lipinski definition) is 2. The molecule has 0 aliphatic carbocycles. The van der Waals surface area contributed by atoms with Crippen LogP contribution in [-0.4, -0.2) is 23.2 Å². The van der Waals surface area contributed by atoms with E-state index in [1.54, 1.807) is 11.6 Å². The third-order valence-corrected chi connectivity index (χ3v) is 4.16. The molecule has 9 heteroatoms. The van der Waals surface area contributed by atoms with E-state index in [2.05, 4.69) is 14.9 Å². The average molecular weight is 299 g/mol. The first-order chi connectivity index (χ1) is 9.31. The molecule has 0 fully saturated rings. The van der Waals surface area contributed by atoms with Gasteiger partial charge in [0.05, 0.1) is 6.54 Å². The summed E-state index contributed by atoms with van der Waals surface area (Å²) < 4.78 is 41.9. The standard InChI is InChI=1S/C11H14FN5O2S/c1-7-3-8(13)4-9(11(7)12)20(18,19)15-5-10-16-14-6-17(10)2/h3-4,6,15H,5,13H2,1-2H3. The van der Waals surface area contributed by atoms with Crippen molar-refractivity contribution in [2.45, 2.75) is 18.4 Å². The molecule has 0 aliphatic heterocycles. The Morgan fingerprint density at radius 2 is 2.15 bits per heavy atom. The molecule has 0 bridgehead atoms. The zero-order chi connectivity index (χ0) is 14.9. The normalized spacial score (nSPS) is 11.8. The third kappa shape index (κ3) is 2.78. The minimum atomic E-state index is -4.01. The summed E-state index contributed by atoms with van der Waals surface area (Å²) in [5.74, 6) is -0.403. The van der Waals surface area contributed by atoms with Crippen LogP contribution in [0.4, 0.5) is 10.1 Å². The molecule has 2 rings (SSSR count). The first-order valence-corrected chi connectivity index (χ1v) is 7.18. The molecule has 20 heavy (non-hydrogen) atoms. The second kappa shape index (κ2) is 5.17. The molecule has 0 aliphatic rings. The number of hydrogen-bond acceptors (Lipinski definition) is 5.